The van der Waals surface area contributed by atoms with Crippen LogP contribution in [0.2, 0.25) is 0 Å². The lowest BCUT2D eigenvalue weighted by Crippen LogP contribution is -2.45. The van der Waals surface area contributed by atoms with Crippen LogP contribution in [0.3, 0.4) is 0 Å². The van der Waals surface area contributed by atoms with Crippen LogP contribution in [-0.4, -0.2) is 23.9 Å². The van der Waals surface area contributed by atoms with E-state index in [4.69, 9.17) is 0 Å². The number of para-hydroxylation sites is 1. The molecule has 1 saturated heterocycles. The van der Waals surface area contributed by atoms with Crippen LogP contribution in [0.25, 0.3) is 0 Å². The summed E-state index contributed by atoms with van der Waals surface area (Å²) in [4.78, 5) is 15.7. The molecule has 3 nitrogen and oxygen atoms in total. The molecule has 0 spiro atoms. The second kappa shape index (κ2) is 8.05. The topological polar surface area (TPSA) is 32.3 Å². The number of piperidine rings is 1. The average Bonchev–Trinajstić information content (AvgIpc) is 2.59. The van der Waals surface area contributed by atoms with E-state index < -0.39 is 0 Å². The number of carbonyl (C=O) groups excluding carboxylic acids is 1. The highest BCUT2D eigenvalue weighted by Crippen LogP contribution is 2.31. The van der Waals surface area contributed by atoms with Crippen molar-refractivity contribution in [3.63, 3.8) is 0 Å². The van der Waals surface area contributed by atoms with E-state index in [-0.39, 0.29) is 11.9 Å². The normalized spacial score (nSPS) is 22.0. The molecule has 1 N–H and O–H groups in total. The summed E-state index contributed by atoms with van der Waals surface area (Å²) in [6.45, 7) is 10.6. The van der Waals surface area contributed by atoms with Crippen LogP contribution in [0.4, 0.5) is 5.69 Å². The Morgan fingerprint density at radius 2 is 1.54 bits per heavy atom. The van der Waals surface area contributed by atoms with Crippen LogP contribution < -0.4 is 5.32 Å². The lowest BCUT2D eigenvalue weighted by Gasteiger charge is -2.39. The van der Waals surface area contributed by atoms with E-state index in [9.17, 15) is 4.79 Å². The highest BCUT2D eigenvalue weighted by Gasteiger charge is 2.33. The van der Waals surface area contributed by atoms with Crippen molar-refractivity contribution in [3.8, 4) is 0 Å². The standard InChI is InChI=1S/C23H30N2O/c1-16-13-17(2)15-25(14-16)22(20-11-6-5-7-12-20)23(26)24-21-18(3)9-8-10-19(21)4/h5-12,16-17,22H,13-15H2,1-4H3,(H,24,26)/t16-,17+,22-/m0/s1. The molecule has 0 aliphatic carbocycles. The molecule has 1 amide bonds. The minimum atomic E-state index is -0.250. The molecule has 0 radical (unpaired) electrons. The first kappa shape index (κ1) is 18.7. The van der Waals surface area contributed by atoms with E-state index in [1.807, 2.05) is 50.2 Å². The summed E-state index contributed by atoms with van der Waals surface area (Å²) >= 11 is 0. The third kappa shape index (κ3) is 4.16. The van der Waals surface area contributed by atoms with Crippen molar-refractivity contribution in [2.24, 2.45) is 11.8 Å². The average molecular weight is 351 g/mol. The third-order valence-electron chi connectivity index (χ3n) is 5.36. The first-order valence-electron chi connectivity index (χ1n) is 9.61. The molecule has 1 heterocycles. The Balaban J connectivity index is 1.91. The van der Waals surface area contributed by atoms with Gasteiger partial charge in [0.25, 0.3) is 0 Å². The van der Waals surface area contributed by atoms with Crippen LogP contribution in [0.1, 0.15) is 43.0 Å². The maximum Gasteiger partial charge on any atom is 0.246 e. The van der Waals surface area contributed by atoms with Gasteiger partial charge in [-0.2, -0.15) is 0 Å². The zero-order valence-corrected chi connectivity index (χ0v) is 16.3. The number of likely N-dealkylation sites (tertiary alicyclic amines) is 1. The summed E-state index contributed by atoms with van der Waals surface area (Å²) in [5, 5.41) is 3.22. The van der Waals surface area contributed by atoms with E-state index in [0.717, 1.165) is 35.5 Å². The van der Waals surface area contributed by atoms with Gasteiger partial charge in [-0.1, -0.05) is 62.4 Å². The second-order valence-electron chi connectivity index (χ2n) is 7.97. The van der Waals surface area contributed by atoms with Gasteiger partial charge in [-0.15, -0.1) is 0 Å². The number of nitrogens with zero attached hydrogens (tertiary/aromatic N) is 1. The van der Waals surface area contributed by atoms with Crippen molar-refractivity contribution < 1.29 is 4.79 Å². The molecule has 3 rings (SSSR count). The predicted octanol–water partition coefficient (Wildman–Crippen LogP) is 4.96. The fourth-order valence-electron chi connectivity index (χ4n) is 4.29. The maximum absolute atomic E-state index is 13.4. The molecule has 3 atom stereocenters. The number of benzene rings is 2. The summed E-state index contributed by atoms with van der Waals surface area (Å²) in [5.41, 5.74) is 4.21. The highest BCUT2D eigenvalue weighted by atomic mass is 16.2. The molecule has 2 aromatic rings. The molecule has 0 aromatic heterocycles. The van der Waals surface area contributed by atoms with Crippen LogP contribution in [0.15, 0.2) is 48.5 Å². The molecule has 138 valence electrons. The number of rotatable bonds is 4. The Kier molecular flexibility index (Phi) is 5.77. The number of hydrogen-bond donors (Lipinski definition) is 1. The Hall–Kier alpha value is -2.13. The van der Waals surface area contributed by atoms with Gasteiger partial charge in [0.05, 0.1) is 0 Å². The summed E-state index contributed by atoms with van der Waals surface area (Å²) in [6, 6.07) is 16.1. The minimum absolute atomic E-state index is 0.0647. The fraction of sp³-hybridized carbons (Fsp3) is 0.435. The van der Waals surface area contributed by atoms with E-state index in [1.165, 1.54) is 6.42 Å². The summed E-state index contributed by atoms with van der Waals surface area (Å²) in [6.07, 6.45) is 1.23. The summed E-state index contributed by atoms with van der Waals surface area (Å²) < 4.78 is 0. The number of amides is 1. The van der Waals surface area contributed by atoms with Crippen molar-refractivity contribution in [3.05, 3.63) is 65.2 Å². The lowest BCUT2D eigenvalue weighted by atomic mass is 9.89. The Morgan fingerprint density at radius 3 is 2.12 bits per heavy atom. The second-order valence-corrected chi connectivity index (χ2v) is 7.97. The van der Waals surface area contributed by atoms with Gasteiger partial charge in [-0.05, 0) is 48.8 Å². The zero-order valence-electron chi connectivity index (χ0n) is 16.3. The van der Waals surface area contributed by atoms with E-state index >= 15 is 0 Å². The number of aryl methyl sites for hydroxylation is 2. The smallest absolute Gasteiger partial charge is 0.246 e. The van der Waals surface area contributed by atoms with Gasteiger partial charge in [0.15, 0.2) is 0 Å². The quantitative estimate of drug-likeness (QED) is 0.845. The Bertz CT molecular complexity index is 726. The van der Waals surface area contributed by atoms with E-state index in [2.05, 4.69) is 36.2 Å². The van der Waals surface area contributed by atoms with Gasteiger partial charge in [0, 0.05) is 18.8 Å². The summed E-state index contributed by atoms with van der Waals surface area (Å²) in [5.74, 6) is 1.28. The Labute approximate surface area is 157 Å². The largest absolute Gasteiger partial charge is 0.324 e. The Morgan fingerprint density at radius 1 is 0.962 bits per heavy atom. The third-order valence-corrected chi connectivity index (χ3v) is 5.36. The van der Waals surface area contributed by atoms with Gasteiger partial charge < -0.3 is 5.32 Å². The van der Waals surface area contributed by atoms with Gasteiger partial charge in [0.1, 0.15) is 6.04 Å². The number of nitrogens with one attached hydrogen (secondary N) is 1. The molecule has 1 aliphatic rings. The van der Waals surface area contributed by atoms with Gasteiger partial charge in [-0.3, -0.25) is 9.69 Å². The minimum Gasteiger partial charge on any atom is -0.324 e. The molecule has 0 unspecified atom stereocenters. The summed E-state index contributed by atoms with van der Waals surface area (Å²) in [7, 11) is 0. The number of hydrogen-bond acceptors (Lipinski definition) is 2. The molecular weight excluding hydrogens is 320 g/mol. The van der Waals surface area contributed by atoms with Crippen LogP contribution in [0.5, 0.6) is 0 Å². The SMILES string of the molecule is Cc1cccc(C)c1NC(=O)[C@H](c1ccccc1)N1C[C@H](C)C[C@H](C)C1. The molecule has 0 bridgehead atoms. The fourth-order valence-corrected chi connectivity index (χ4v) is 4.29. The van der Waals surface area contributed by atoms with E-state index in [0.29, 0.717) is 11.8 Å². The molecule has 1 fully saturated rings. The molecule has 3 heteroatoms. The molecule has 2 aromatic carbocycles. The molecule has 1 aliphatic heterocycles. The van der Waals surface area contributed by atoms with Crippen LogP contribution >= 0.6 is 0 Å². The van der Waals surface area contributed by atoms with E-state index in [1.54, 1.807) is 0 Å². The monoisotopic (exact) mass is 350 g/mol. The first-order valence-corrected chi connectivity index (χ1v) is 9.61. The van der Waals surface area contributed by atoms with Gasteiger partial charge in [0.2, 0.25) is 5.91 Å². The van der Waals surface area contributed by atoms with Gasteiger partial charge >= 0.3 is 0 Å². The van der Waals surface area contributed by atoms with Crippen LogP contribution in [-0.2, 0) is 4.79 Å². The lowest BCUT2D eigenvalue weighted by molar-refractivity contribution is -0.122. The number of carbonyl (C=O) groups is 1. The van der Waals surface area contributed by atoms with Crippen molar-refractivity contribution in [2.75, 3.05) is 18.4 Å². The highest BCUT2D eigenvalue weighted by molar-refractivity contribution is 5.96. The van der Waals surface area contributed by atoms with Gasteiger partial charge in [-0.25, -0.2) is 0 Å². The first-order chi connectivity index (χ1) is 12.5. The van der Waals surface area contributed by atoms with Crippen molar-refractivity contribution in [1.82, 2.24) is 4.90 Å². The van der Waals surface area contributed by atoms with Crippen molar-refractivity contribution in [2.45, 2.75) is 40.2 Å². The maximum atomic E-state index is 13.4. The van der Waals surface area contributed by atoms with Crippen molar-refractivity contribution >= 4 is 11.6 Å². The number of anilines is 1. The predicted molar refractivity (Wildman–Crippen MR) is 108 cm³/mol. The zero-order chi connectivity index (χ0) is 18.7. The molecule has 0 saturated carbocycles. The molecule has 26 heavy (non-hydrogen) atoms. The van der Waals surface area contributed by atoms with Crippen LogP contribution in [0, 0.1) is 25.7 Å². The van der Waals surface area contributed by atoms with Crippen molar-refractivity contribution in [1.29, 1.82) is 0 Å². The molecular formula is C23H30N2O.